The number of nitrogens with one attached hydrogen (secondary N) is 2. The highest BCUT2D eigenvalue weighted by molar-refractivity contribution is 5.98. The molecule has 33 heavy (non-hydrogen) atoms. The van der Waals surface area contributed by atoms with Gasteiger partial charge in [-0.3, -0.25) is 4.79 Å². The lowest BCUT2D eigenvalue weighted by Crippen LogP contribution is -2.30. The summed E-state index contributed by atoms with van der Waals surface area (Å²) < 4.78 is 10.5. The van der Waals surface area contributed by atoms with E-state index in [1.165, 1.54) is 0 Å². The van der Waals surface area contributed by atoms with Crippen molar-refractivity contribution in [3.8, 4) is 22.8 Å². The predicted octanol–water partition coefficient (Wildman–Crippen LogP) is 4.39. The highest BCUT2D eigenvalue weighted by Gasteiger charge is 2.26. The molecule has 0 bridgehead atoms. The Kier molecular flexibility index (Phi) is 6.99. The van der Waals surface area contributed by atoms with Crippen LogP contribution in [0.15, 0.2) is 48.5 Å². The van der Waals surface area contributed by atoms with Crippen LogP contribution in [0.3, 0.4) is 0 Å². The van der Waals surface area contributed by atoms with Crippen molar-refractivity contribution in [3.63, 3.8) is 0 Å². The van der Waals surface area contributed by atoms with Crippen LogP contribution in [0.5, 0.6) is 11.5 Å². The number of carbonyl (C=O) groups excluding carboxylic acids is 1. The number of aromatic amines is 1. The molecule has 1 amide bonds. The molecule has 1 atom stereocenters. The third-order valence-electron chi connectivity index (χ3n) is 6.38. The first-order valence-corrected chi connectivity index (χ1v) is 11.4. The van der Waals surface area contributed by atoms with Gasteiger partial charge in [-0.25, -0.2) is 4.98 Å². The Morgan fingerprint density at radius 1 is 1.03 bits per heavy atom. The van der Waals surface area contributed by atoms with Gasteiger partial charge in [-0.2, -0.15) is 0 Å². The molecule has 2 heterocycles. The number of carbonyl (C=O) groups is 1. The van der Waals surface area contributed by atoms with E-state index < -0.39 is 0 Å². The molecule has 0 aliphatic carbocycles. The second-order valence-electron chi connectivity index (χ2n) is 8.62. The van der Waals surface area contributed by atoms with Crippen molar-refractivity contribution in [1.29, 1.82) is 0 Å². The molecule has 1 saturated heterocycles. The third kappa shape index (κ3) is 5.20. The summed E-state index contributed by atoms with van der Waals surface area (Å²) in [6, 6.07) is 15.2. The molecule has 4 rings (SSSR count). The van der Waals surface area contributed by atoms with Gasteiger partial charge in [-0.05, 0) is 81.9 Å². The molecule has 0 radical (unpaired) electrons. The van der Waals surface area contributed by atoms with Crippen molar-refractivity contribution in [1.82, 2.24) is 20.2 Å². The molecular weight excluding hydrogens is 416 g/mol. The Morgan fingerprint density at radius 3 is 2.18 bits per heavy atom. The van der Waals surface area contributed by atoms with Gasteiger partial charge >= 0.3 is 0 Å². The van der Waals surface area contributed by atoms with Crippen LogP contribution in [0.25, 0.3) is 11.3 Å². The minimum absolute atomic E-state index is 0.165. The fraction of sp³-hybridized carbons (Fsp3) is 0.385. The molecule has 2 aromatic carbocycles. The number of ether oxygens (including phenoxy) is 2. The Morgan fingerprint density at radius 2 is 1.61 bits per heavy atom. The van der Waals surface area contributed by atoms with Gasteiger partial charge in [-0.1, -0.05) is 12.1 Å². The zero-order valence-electron chi connectivity index (χ0n) is 19.7. The smallest absolute Gasteiger partial charge is 0.270 e. The number of hydrogen-bond donors (Lipinski definition) is 2. The predicted molar refractivity (Wildman–Crippen MR) is 129 cm³/mol. The molecule has 0 spiro atoms. The molecule has 1 fully saturated rings. The van der Waals surface area contributed by atoms with Gasteiger partial charge in [0.2, 0.25) is 0 Å². The van der Waals surface area contributed by atoms with E-state index in [0.29, 0.717) is 17.3 Å². The fourth-order valence-electron chi connectivity index (χ4n) is 4.23. The van der Waals surface area contributed by atoms with Crippen molar-refractivity contribution >= 4 is 5.91 Å². The number of amides is 1. The number of nitrogens with zero attached hydrogens (tertiary/aromatic N) is 2. The molecule has 3 aromatic rings. The van der Waals surface area contributed by atoms with Crippen molar-refractivity contribution in [2.45, 2.75) is 31.7 Å². The average molecular weight is 449 g/mol. The first kappa shape index (κ1) is 22.9. The monoisotopic (exact) mass is 448 g/mol. The maximum Gasteiger partial charge on any atom is 0.270 e. The number of piperidine rings is 1. The molecule has 0 saturated carbocycles. The average Bonchev–Trinajstić information content (AvgIpc) is 3.30. The second-order valence-corrected chi connectivity index (χ2v) is 8.62. The maximum absolute atomic E-state index is 13.4. The lowest BCUT2D eigenvalue weighted by molar-refractivity contribution is 0.0936. The zero-order chi connectivity index (χ0) is 23.4. The summed E-state index contributed by atoms with van der Waals surface area (Å²) in [5.41, 5.74) is 3.05. The molecule has 174 valence electrons. The maximum atomic E-state index is 13.4. The normalized spacial score (nSPS) is 15.8. The van der Waals surface area contributed by atoms with E-state index in [0.717, 1.165) is 54.4 Å². The summed E-state index contributed by atoms with van der Waals surface area (Å²) in [5.74, 6) is 2.59. The molecular formula is C26H32N4O3. The van der Waals surface area contributed by atoms with Gasteiger partial charge in [0.25, 0.3) is 5.91 Å². The van der Waals surface area contributed by atoms with Crippen molar-refractivity contribution in [3.05, 3.63) is 65.6 Å². The number of methoxy groups -OCH3 is 2. The second kappa shape index (κ2) is 10.1. The highest BCUT2D eigenvalue weighted by atomic mass is 16.5. The first-order valence-electron chi connectivity index (χ1n) is 11.4. The number of hydrogen-bond acceptors (Lipinski definition) is 5. The molecule has 7 heteroatoms. The Hall–Kier alpha value is -3.32. The molecule has 1 unspecified atom stereocenters. The molecule has 1 aliphatic rings. The van der Waals surface area contributed by atoms with Crippen molar-refractivity contribution in [2.75, 3.05) is 34.4 Å². The van der Waals surface area contributed by atoms with Gasteiger partial charge < -0.3 is 24.7 Å². The van der Waals surface area contributed by atoms with Crippen LogP contribution in [-0.4, -0.2) is 55.1 Å². The summed E-state index contributed by atoms with van der Waals surface area (Å²) in [6.45, 7) is 4.03. The van der Waals surface area contributed by atoms with Gasteiger partial charge in [0.05, 0.1) is 20.3 Å². The Labute approximate surface area is 195 Å². The number of aromatic nitrogens is 2. The van der Waals surface area contributed by atoms with Gasteiger partial charge in [-0.15, -0.1) is 0 Å². The van der Waals surface area contributed by atoms with Gasteiger partial charge in [0.15, 0.2) is 0 Å². The number of imidazole rings is 1. The molecule has 1 aromatic heterocycles. The fourth-order valence-corrected chi connectivity index (χ4v) is 4.23. The number of rotatable bonds is 7. The van der Waals surface area contributed by atoms with E-state index in [4.69, 9.17) is 14.5 Å². The van der Waals surface area contributed by atoms with E-state index in [9.17, 15) is 4.79 Å². The van der Waals surface area contributed by atoms with Crippen LogP contribution >= 0.6 is 0 Å². The largest absolute Gasteiger partial charge is 0.497 e. The van der Waals surface area contributed by atoms with E-state index >= 15 is 0 Å². The van der Waals surface area contributed by atoms with Crippen LogP contribution in [0, 0.1) is 0 Å². The molecule has 1 aliphatic heterocycles. The lowest BCUT2D eigenvalue weighted by Gasteiger charge is -2.27. The molecule has 7 nitrogen and oxygen atoms in total. The van der Waals surface area contributed by atoms with E-state index in [-0.39, 0.29) is 11.9 Å². The summed E-state index contributed by atoms with van der Waals surface area (Å²) in [7, 11) is 5.42. The number of H-pyrrole nitrogens is 1. The standard InChI is InChI=1S/C26H32N4O3/c1-17(18-5-9-21(32-3)10-6-18)27-26(31)24-23(19-7-11-22(33-4)12-8-19)28-25(29-24)20-13-15-30(2)16-14-20/h5-12,17,20H,13-16H2,1-4H3,(H,27,31)(H,28,29). The van der Waals surface area contributed by atoms with E-state index in [1.807, 2.05) is 55.5 Å². The van der Waals surface area contributed by atoms with Crippen LogP contribution < -0.4 is 14.8 Å². The van der Waals surface area contributed by atoms with Gasteiger partial charge in [0.1, 0.15) is 28.7 Å². The number of benzene rings is 2. The quantitative estimate of drug-likeness (QED) is 0.560. The SMILES string of the molecule is COc1ccc(-c2nc(C3CCN(C)CC3)[nH]c2C(=O)NC(C)c2ccc(OC)cc2)cc1. The summed E-state index contributed by atoms with van der Waals surface area (Å²) in [5, 5.41) is 3.12. The minimum Gasteiger partial charge on any atom is -0.497 e. The number of likely N-dealkylation sites (tertiary alicyclic amines) is 1. The van der Waals surface area contributed by atoms with Crippen LogP contribution in [0.4, 0.5) is 0 Å². The Balaban J connectivity index is 1.61. The zero-order valence-corrected chi connectivity index (χ0v) is 19.7. The first-order chi connectivity index (χ1) is 16.0. The third-order valence-corrected chi connectivity index (χ3v) is 6.38. The lowest BCUT2D eigenvalue weighted by atomic mass is 9.96. The van der Waals surface area contributed by atoms with Crippen LogP contribution in [-0.2, 0) is 0 Å². The summed E-state index contributed by atoms with van der Waals surface area (Å²) in [6.07, 6.45) is 2.05. The summed E-state index contributed by atoms with van der Waals surface area (Å²) in [4.78, 5) is 24.0. The molecule has 2 N–H and O–H groups in total. The highest BCUT2D eigenvalue weighted by Crippen LogP contribution is 2.31. The van der Waals surface area contributed by atoms with Crippen LogP contribution in [0.2, 0.25) is 0 Å². The summed E-state index contributed by atoms with van der Waals surface area (Å²) >= 11 is 0. The van der Waals surface area contributed by atoms with Crippen LogP contribution in [0.1, 0.15) is 53.6 Å². The van der Waals surface area contributed by atoms with Crippen molar-refractivity contribution < 1.29 is 14.3 Å². The van der Waals surface area contributed by atoms with Gasteiger partial charge in [0, 0.05) is 11.5 Å². The van der Waals surface area contributed by atoms with E-state index in [2.05, 4.69) is 22.2 Å². The van der Waals surface area contributed by atoms with Crippen molar-refractivity contribution in [2.24, 2.45) is 0 Å². The minimum atomic E-state index is -0.171. The van der Waals surface area contributed by atoms with E-state index in [1.54, 1.807) is 14.2 Å². The Bertz CT molecular complexity index is 1070. The topological polar surface area (TPSA) is 79.5 Å².